The van der Waals surface area contributed by atoms with E-state index in [0.29, 0.717) is 6.61 Å². The Morgan fingerprint density at radius 3 is 2.68 bits per heavy atom. The van der Waals surface area contributed by atoms with E-state index in [0.717, 1.165) is 63.4 Å². The van der Waals surface area contributed by atoms with Crippen LogP contribution in [0.15, 0.2) is 41.7 Å². The van der Waals surface area contributed by atoms with Gasteiger partial charge in [-0.3, -0.25) is 9.69 Å². The number of morpholine rings is 1. The fourth-order valence-electron chi connectivity index (χ4n) is 3.44. The van der Waals surface area contributed by atoms with Crippen molar-refractivity contribution in [2.45, 2.75) is 32.2 Å². The first-order chi connectivity index (χ1) is 12.2. The molecule has 2 aliphatic heterocycles. The molecule has 0 spiro atoms. The summed E-state index contributed by atoms with van der Waals surface area (Å²) in [6.45, 7) is 6.83. The van der Waals surface area contributed by atoms with Crippen molar-refractivity contribution in [3.8, 4) is 0 Å². The summed E-state index contributed by atoms with van der Waals surface area (Å²) in [7, 11) is 0. The molecule has 1 N–H and O–H groups in total. The minimum atomic E-state index is 0.0198. The lowest BCUT2D eigenvalue weighted by molar-refractivity contribution is -0.119. The number of amides is 1. The van der Waals surface area contributed by atoms with Crippen LogP contribution in [0.3, 0.4) is 0 Å². The zero-order chi connectivity index (χ0) is 17.5. The van der Waals surface area contributed by atoms with Gasteiger partial charge >= 0.3 is 0 Å². The Hall–Kier alpha value is -1.85. The van der Waals surface area contributed by atoms with E-state index in [1.807, 2.05) is 25.1 Å². The molecule has 0 radical (unpaired) electrons. The molecule has 0 bridgehead atoms. The largest absolute Gasteiger partial charge is 0.498 e. The van der Waals surface area contributed by atoms with Gasteiger partial charge in [-0.1, -0.05) is 30.3 Å². The number of ether oxygens (including phenoxy) is 2. The molecule has 1 aromatic carbocycles. The molecular weight excluding hydrogens is 316 g/mol. The average Bonchev–Trinajstić information content (AvgIpc) is 2.63. The first kappa shape index (κ1) is 18.0. The molecule has 2 heterocycles. The third-order valence-corrected chi connectivity index (χ3v) is 4.83. The predicted octanol–water partition coefficient (Wildman–Crippen LogP) is 2.13. The van der Waals surface area contributed by atoms with Gasteiger partial charge in [0.25, 0.3) is 5.91 Å². The highest BCUT2D eigenvalue weighted by Crippen LogP contribution is 2.19. The van der Waals surface area contributed by atoms with Gasteiger partial charge in [0, 0.05) is 25.7 Å². The molecule has 1 amide bonds. The lowest BCUT2D eigenvalue weighted by Gasteiger charge is -2.31. The SMILES string of the molecule is CC1=C(C(=O)N[C@@H](Cc2ccccc2)CN2CCOCC2)CCCO1. The van der Waals surface area contributed by atoms with Gasteiger partial charge in [0.1, 0.15) is 5.76 Å². The van der Waals surface area contributed by atoms with Gasteiger partial charge in [-0.25, -0.2) is 0 Å². The Bertz CT molecular complexity index is 594. The lowest BCUT2D eigenvalue weighted by Crippen LogP contribution is -2.48. The van der Waals surface area contributed by atoms with Crippen molar-refractivity contribution in [3.63, 3.8) is 0 Å². The van der Waals surface area contributed by atoms with Crippen LogP contribution in [0.25, 0.3) is 0 Å². The second-order valence-corrected chi connectivity index (χ2v) is 6.76. The summed E-state index contributed by atoms with van der Waals surface area (Å²) in [5, 5.41) is 3.25. The lowest BCUT2D eigenvalue weighted by atomic mass is 10.0. The quantitative estimate of drug-likeness (QED) is 0.859. The van der Waals surface area contributed by atoms with Gasteiger partial charge in [-0.15, -0.1) is 0 Å². The second-order valence-electron chi connectivity index (χ2n) is 6.76. The van der Waals surface area contributed by atoms with E-state index in [1.165, 1.54) is 5.56 Å². The summed E-state index contributed by atoms with van der Waals surface area (Å²) in [5.41, 5.74) is 2.04. The van der Waals surface area contributed by atoms with E-state index in [9.17, 15) is 4.79 Å². The fraction of sp³-hybridized carbons (Fsp3) is 0.550. The van der Waals surface area contributed by atoms with Gasteiger partial charge in [-0.2, -0.15) is 0 Å². The molecule has 1 aromatic rings. The second kappa shape index (κ2) is 9.02. The van der Waals surface area contributed by atoms with Crippen LogP contribution in [-0.2, 0) is 20.7 Å². The van der Waals surface area contributed by atoms with E-state index < -0.39 is 0 Å². The first-order valence-electron chi connectivity index (χ1n) is 9.20. The number of carbonyl (C=O) groups excluding carboxylic acids is 1. The Balaban J connectivity index is 1.67. The third kappa shape index (κ3) is 5.31. The number of nitrogens with one attached hydrogen (secondary N) is 1. The standard InChI is InChI=1S/C20H28N2O3/c1-16-19(8-5-11-25-16)20(23)21-18(14-17-6-3-2-4-7-17)15-22-9-12-24-13-10-22/h2-4,6-7,18H,5,8-15H2,1H3,(H,21,23)/t18-/m0/s1. The molecule has 25 heavy (non-hydrogen) atoms. The Morgan fingerprint density at radius 1 is 1.20 bits per heavy atom. The molecule has 1 fully saturated rings. The van der Waals surface area contributed by atoms with E-state index in [4.69, 9.17) is 9.47 Å². The summed E-state index contributed by atoms with van der Waals surface area (Å²) in [6.07, 6.45) is 2.54. The van der Waals surface area contributed by atoms with Crippen LogP contribution in [-0.4, -0.2) is 56.3 Å². The number of rotatable bonds is 6. The number of hydrogen-bond donors (Lipinski definition) is 1. The van der Waals surface area contributed by atoms with Crippen molar-refractivity contribution in [1.29, 1.82) is 0 Å². The van der Waals surface area contributed by atoms with Gasteiger partial charge in [0.2, 0.25) is 0 Å². The van der Waals surface area contributed by atoms with Crippen LogP contribution in [0.5, 0.6) is 0 Å². The molecule has 1 atom stereocenters. The maximum Gasteiger partial charge on any atom is 0.250 e. The van der Waals surface area contributed by atoms with Gasteiger partial charge < -0.3 is 14.8 Å². The van der Waals surface area contributed by atoms with Crippen LogP contribution in [0.2, 0.25) is 0 Å². The van der Waals surface area contributed by atoms with Crippen LogP contribution >= 0.6 is 0 Å². The van der Waals surface area contributed by atoms with Gasteiger partial charge in [-0.05, 0) is 31.7 Å². The highest BCUT2D eigenvalue weighted by molar-refractivity contribution is 5.94. The normalized spacial score (nSPS) is 20.0. The molecule has 0 saturated carbocycles. The Morgan fingerprint density at radius 2 is 1.96 bits per heavy atom. The summed E-state index contributed by atoms with van der Waals surface area (Å²) in [4.78, 5) is 15.1. The fourth-order valence-corrected chi connectivity index (χ4v) is 3.44. The van der Waals surface area contributed by atoms with E-state index >= 15 is 0 Å². The molecule has 3 rings (SSSR count). The maximum absolute atomic E-state index is 12.8. The van der Waals surface area contributed by atoms with Gasteiger partial charge in [0.15, 0.2) is 0 Å². The predicted molar refractivity (Wildman–Crippen MR) is 97.2 cm³/mol. The molecule has 5 heteroatoms. The summed E-state index contributed by atoms with van der Waals surface area (Å²) in [6, 6.07) is 10.4. The summed E-state index contributed by atoms with van der Waals surface area (Å²) < 4.78 is 11.0. The number of nitrogens with zero attached hydrogens (tertiary/aromatic N) is 1. The van der Waals surface area contributed by atoms with Crippen LogP contribution in [0.1, 0.15) is 25.3 Å². The van der Waals surface area contributed by atoms with Crippen molar-refractivity contribution < 1.29 is 14.3 Å². The molecular formula is C20H28N2O3. The zero-order valence-electron chi connectivity index (χ0n) is 15.0. The Kier molecular flexibility index (Phi) is 6.48. The van der Waals surface area contributed by atoms with Crippen LogP contribution < -0.4 is 5.32 Å². The molecule has 2 aliphatic rings. The highest BCUT2D eigenvalue weighted by Gasteiger charge is 2.23. The van der Waals surface area contributed by atoms with Crippen LogP contribution in [0.4, 0.5) is 0 Å². The summed E-state index contributed by atoms with van der Waals surface area (Å²) in [5.74, 6) is 0.792. The van der Waals surface area contributed by atoms with Gasteiger partial charge in [0.05, 0.1) is 25.4 Å². The van der Waals surface area contributed by atoms with E-state index in [2.05, 4.69) is 22.3 Å². The minimum Gasteiger partial charge on any atom is -0.498 e. The zero-order valence-corrected chi connectivity index (χ0v) is 15.0. The monoisotopic (exact) mass is 344 g/mol. The number of benzene rings is 1. The maximum atomic E-state index is 12.8. The number of allylic oxidation sites excluding steroid dienone is 1. The topological polar surface area (TPSA) is 50.8 Å². The minimum absolute atomic E-state index is 0.0198. The number of hydrogen-bond acceptors (Lipinski definition) is 4. The molecule has 136 valence electrons. The number of carbonyl (C=O) groups is 1. The average molecular weight is 344 g/mol. The Labute approximate surface area is 150 Å². The summed E-state index contributed by atoms with van der Waals surface area (Å²) >= 11 is 0. The van der Waals surface area contributed by atoms with E-state index in [1.54, 1.807) is 0 Å². The van der Waals surface area contributed by atoms with Crippen molar-refractivity contribution in [3.05, 3.63) is 47.2 Å². The smallest absolute Gasteiger partial charge is 0.250 e. The van der Waals surface area contributed by atoms with Crippen LogP contribution in [0, 0.1) is 0 Å². The molecule has 1 saturated heterocycles. The molecule has 0 aliphatic carbocycles. The first-order valence-corrected chi connectivity index (χ1v) is 9.20. The molecule has 0 unspecified atom stereocenters. The van der Waals surface area contributed by atoms with Crippen molar-refractivity contribution in [2.75, 3.05) is 39.5 Å². The highest BCUT2D eigenvalue weighted by atomic mass is 16.5. The third-order valence-electron chi connectivity index (χ3n) is 4.83. The van der Waals surface area contributed by atoms with Crippen molar-refractivity contribution >= 4 is 5.91 Å². The van der Waals surface area contributed by atoms with Crippen molar-refractivity contribution in [1.82, 2.24) is 10.2 Å². The molecule has 0 aromatic heterocycles. The molecule has 5 nitrogen and oxygen atoms in total. The van der Waals surface area contributed by atoms with E-state index in [-0.39, 0.29) is 11.9 Å². The van der Waals surface area contributed by atoms with Crippen molar-refractivity contribution in [2.24, 2.45) is 0 Å².